The zero-order valence-electron chi connectivity index (χ0n) is 11.4. The Labute approximate surface area is 131 Å². The molecule has 1 amide bonds. The predicted molar refractivity (Wildman–Crippen MR) is 84.0 cm³/mol. The van der Waals surface area contributed by atoms with E-state index in [1.165, 1.54) is 24.4 Å². The minimum absolute atomic E-state index is 0.0959. The Kier molecular flexibility index (Phi) is 5.21. The summed E-state index contributed by atoms with van der Waals surface area (Å²) in [6.45, 7) is 0. The van der Waals surface area contributed by atoms with Crippen molar-refractivity contribution < 1.29 is 9.72 Å². The Hall–Kier alpha value is -2.73. The fourth-order valence-electron chi connectivity index (χ4n) is 1.74. The minimum Gasteiger partial charge on any atom is -0.273 e. The highest BCUT2D eigenvalue weighted by Gasteiger charge is 2.08. The van der Waals surface area contributed by atoms with Crippen molar-refractivity contribution in [1.29, 1.82) is 0 Å². The first-order chi connectivity index (χ1) is 10.6. The fraction of sp³-hybridized carbons (Fsp3) is 0.0667. The molecule has 7 heteroatoms. The van der Waals surface area contributed by atoms with Gasteiger partial charge in [-0.1, -0.05) is 41.9 Å². The lowest BCUT2D eigenvalue weighted by atomic mass is 10.1. The summed E-state index contributed by atoms with van der Waals surface area (Å²) in [4.78, 5) is 21.9. The molecular weight excluding hydrogens is 306 g/mol. The number of carbonyl (C=O) groups excluding carboxylic acids is 1. The Morgan fingerprint density at radius 2 is 2.00 bits per heavy atom. The zero-order valence-corrected chi connectivity index (χ0v) is 12.2. The van der Waals surface area contributed by atoms with Crippen molar-refractivity contribution in [1.82, 2.24) is 5.43 Å². The Bertz CT molecular complexity index is 717. The lowest BCUT2D eigenvalue weighted by molar-refractivity contribution is -0.384. The van der Waals surface area contributed by atoms with E-state index in [1.54, 1.807) is 0 Å². The summed E-state index contributed by atoms with van der Waals surface area (Å²) < 4.78 is 0. The first-order valence-corrected chi connectivity index (χ1v) is 6.74. The van der Waals surface area contributed by atoms with Gasteiger partial charge in [0.05, 0.1) is 17.6 Å². The molecule has 0 aromatic heterocycles. The maximum atomic E-state index is 11.7. The third-order valence-corrected chi connectivity index (χ3v) is 3.13. The SMILES string of the molecule is O=C(Cc1ccccc1)N/N=C/c1cc([N+](=O)[O-])ccc1Cl. The molecule has 0 bridgehead atoms. The van der Waals surface area contributed by atoms with Gasteiger partial charge in [0, 0.05) is 22.7 Å². The molecular formula is C15H12ClN3O3. The van der Waals surface area contributed by atoms with Gasteiger partial charge < -0.3 is 0 Å². The van der Waals surface area contributed by atoms with Gasteiger partial charge in [-0.3, -0.25) is 14.9 Å². The predicted octanol–water partition coefficient (Wildman–Crippen LogP) is 2.94. The van der Waals surface area contributed by atoms with Crippen LogP contribution in [0.4, 0.5) is 5.69 Å². The molecule has 1 N–H and O–H groups in total. The van der Waals surface area contributed by atoms with Crippen LogP contribution in [0, 0.1) is 10.1 Å². The van der Waals surface area contributed by atoms with E-state index < -0.39 is 4.92 Å². The number of non-ortho nitro benzene ring substituents is 1. The molecule has 0 aliphatic heterocycles. The summed E-state index contributed by atoms with van der Waals surface area (Å²) in [6, 6.07) is 13.2. The molecule has 0 atom stereocenters. The highest BCUT2D eigenvalue weighted by atomic mass is 35.5. The molecule has 0 aliphatic rings. The van der Waals surface area contributed by atoms with Crippen molar-refractivity contribution in [2.45, 2.75) is 6.42 Å². The molecule has 0 spiro atoms. The van der Waals surface area contributed by atoms with Crippen molar-refractivity contribution in [3.8, 4) is 0 Å². The largest absolute Gasteiger partial charge is 0.273 e. The van der Waals surface area contributed by atoms with E-state index in [9.17, 15) is 14.9 Å². The summed E-state index contributed by atoms with van der Waals surface area (Å²) in [5.74, 6) is -0.288. The van der Waals surface area contributed by atoms with Gasteiger partial charge in [0.2, 0.25) is 5.91 Å². The van der Waals surface area contributed by atoms with Crippen molar-refractivity contribution in [2.24, 2.45) is 5.10 Å². The Morgan fingerprint density at radius 3 is 2.68 bits per heavy atom. The molecule has 2 rings (SSSR count). The van der Waals surface area contributed by atoms with Gasteiger partial charge in [-0.2, -0.15) is 5.10 Å². The monoisotopic (exact) mass is 317 g/mol. The molecule has 0 unspecified atom stereocenters. The van der Waals surface area contributed by atoms with E-state index in [1.807, 2.05) is 30.3 Å². The van der Waals surface area contributed by atoms with E-state index in [0.29, 0.717) is 10.6 Å². The quantitative estimate of drug-likeness (QED) is 0.522. The summed E-state index contributed by atoms with van der Waals surface area (Å²) in [5, 5.41) is 14.8. The highest BCUT2D eigenvalue weighted by Crippen LogP contribution is 2.20. The molecule has 6 nitrogen and oxygen atoms in total. The number of hydrogen-bond acceptors (Lipinski definition) is 4. The molecule has 0 saturated heterocycles. The van der Waals surface area contributed by atoms with Crippen LogP contribution >= 0.6 is 11.6 Å². The number of benzene rings is 2. The van der Waals surface area contributed by atoms with Crippen LogP contribution in [-0.2, 0) is 11.2 Å². The van der Waals surface area contributed by atoms with Crippen LogP contribution in [0.1, 0.15) is 11.1 Å². The Morgan fingerprint density at radius 1 is 1.27 bits per heavy atom. The van der Waals surface area contributed by atoms with Crippen LogP contribution in [0.5, 0.6) is 0 Å². The topological polar surface area (TPSA) is 84.6 Å². The average molecular weight is 318 g/mol. The standard InChI is InChI=1S/C15H12ClN3O3/c16-14-7-6-13(19(21)22)9-12(14)10-17-18-15(20)8-11-4-2-1-3-5-11/h1-7,9-10H,8H2,(H,18,20)/b17-10+. The second-order valence-corrected chi connectivity index (χ2v) is 4.83. The molecule has 0 saturated carbocycles. The Balaban J connectivity index is 1.99. The van der Waals surface area contributed by atoms with Gasteiger partial charge in [-0.05, 0) is 11.6 Å². The third kappa shape index (κ3) is 4.39. The maximum Gasteiger partial charge on any atom is 0.270 e. The van der Waals surface area contributed by atoms with Crippen molar-refractivity contribution in [3.05, 3.63) is 74.8 Å². The summed E-state index contributed by atoms with van der Waals surface area (Å²) in [5.41, 5.74) is 3.48. The highest BCUT2D eigenvalue weighted by molar-refractivity contribution is 6.33. The molecule has 22 heavy (non-hydrogen) atoms. The first kappa shape index (κ1) is 15.7. The van der Waals surface area contributed by atoms with Gasteiger partial charge in [0.1, 0.15) is 0 Å². The van der Waals surface area contributed by atoms with Crippen LogP contribution < -0.4 is 5.43 Å². The molecule has 0 fully saturated rings. The van der Waals surface area contributed by atoms with Gasteiger partial charge in [0.25, 0.3) is 5.69 Å². The van der Waals surface area contributed by atoms with Crippen LogP contribution in [0.25, 0.3) is 0 Å². The third-order valence-electron chi connectivity index (χ3n) is 2.79. The van der Waals surface area contributed by atoms with Crippen LogP contribution in [0.15, 0.2) is 53.6 Å². The number of nitro groups is 1. The van der Waals surface area contributed by atoms with Crippen LogP contribution in [-0.4, -0.2) is 17.0 Å². The molecule has 0 aliphatic carbocycles. The normalized spacial score (nSPS) is 10.6. The summed E-state index contributed by atoms with van der Waals surface area (Å²) in [6.07, 6.45) is 1.47. The van der Waals surface area contributed by atoms with E-state index >= 15 is 0 Å². The van der Waals surface area contributed by atoms with Crippen molar-refractivity contribution in [3.63, 3.8) is 0 Å². The van der Waals surface area contributed by atoms with Gasteiger partial charge in [0.15, 0.2) is 0 Å². The molecule has 2 aromatic rings. The number of nitrogens with one attached hydrogen (secondary N) is 1. The fourth-order valence-corrected chi connectivity index (χ4v) is 1.90. The number of halogens is 1. The number of nitrogens with zero attached hydrogens (tertiary/aromatic N) is 2. The minimum atomic E-state index is -0.526. The van der Waals surface area contributed by atoms with E-state index in [0.717, 1.165) is 5.56 Å². The molecule has 112 valence electrons. The number of carbonyl (C=O) groups is 1. The second kappa shape index (κ2) is 7.33. The lowest BCUT2D eigenvalue weighted by Gasteiger charge is -2.01. The van der Waals surface area contributed by atoms with Crippen molar-refractivity contribution >= 4 is 29.4 Å². The number of hydrogen-bond donors (Lipinski definition) is 1. The first-order valence-electron chi connectivity index (χ1n) is 6.36. The van der Waals surface area contributed by atoms with E-state index in [-0.39, 0.29) is 18.0 Å². The number of nitro benzene ring substituents is 1. The zero-order chi connectivity index (χ0) is 15.9. The van der Waals surface area contributed by atoms with Crippen LogP contribution in [0.3, 0.4) is 0 Å². The molecule has 0 heterocycles. The van der Waals surface area contributed by atoms with Gasteiger partial charge >= 0.3 is 0 Å². The molecule has 0 radical (unpaired) electrons. The van der Waals surface area contributed by atoms with Crippen molar-refractivity contribution in [2.75, 3.05) is 0 Å². The number of amides is 1. The summed E-state index contributed by atoms with van der Waals surface area (Å²) >= 11 is 5.92. The molecule has 2 aromatic carbocycles. The van der Waals surface area contributed by atoms with E-state index in [2.05, 4.69) is 10.5 Å². The van der Waals surface area contributed by atoms with Gasteiger partial charge in [-0.15, -0.1) is 0 Å². The number of hydrazone groups is 1. The summed E-state index contributed by atoms with van der Waals surface area (Å²) in [7, 11) is 0. The number of rotatable bonds is 5. The second-order valence-electron chi connectivity index (χ2n) is 4.42. The smallest absolute Gasteiger partial charge is 0.270 e. The van der Waals surface area contributed by atoms with Gasteiger partial charge in [-0.25, -0.2) is 5.43 Å². The average Bonchev–Trinajstić information content (AvgIpc) is 2.50. The van der Waals surface area contributed by atoms with E-state index in [4.69, 9.17) is 11.6 Å². The maximum absolute atomic E-state index is 11.7. The lowest BCUT2D eigenvalue weighted by Crippen LogP contribution is -2.19. The van der Waals surface area contributed by atoms with Crippen LogP contribution in [0.2, 0.25) is 5.02 Å².